The molecule has 2 aromatic rings. The van der Waals surface area contributed by atoms with Crippen molar-refractivity contribution in [2.75, 3.05) is 5.43 Å². The number of nitrogens with zero attached hydrogens (tertiary/aromatic N) is 4. The van der Waals surface area contributed by atoms with Crippen LogP contribution in [-0.2, 0) is 7.05 Å². The maximum absolute atomic E-state index is 11.2. The number of aromatic nitrogens is 5. The van der Waals surface area contributed by atoms with E-state index in [1.807, 2.05) is 0 Å². The van der Waals surface area contributed by atoms with Gasteiger partial charge in [-0.3, -0.25) is 4.79 Å². The van der Waals surface area contributed by atoms with Gasteiger partial charge in [-0.1, -0.05) is 5.21 Å². The van der Waals surface area contributed by atoms with Gasteiger partial charge in [0.2, 0.25) is 0 Å². The van der Waals surface area contributed by atoms with Crippen LogP contribution in [0.1, 0.15) is 0 Å². The zero-order chi connectivity index (χ0) is 9.42. The summed E-state index contributed by atoms with van der Waals surface area (Å²) in [6.07, 6.45) is 0. The minimum Gasteiger partial charge on any atom is -0.305 e. The van der Waals surface area contributed by atoms with Gasteiger partial charge in [-0.25, -0.2) is 15.6 Å². The quantitative estimate of drug-likeness (QED) is 0.358. The van der Waals surface area contributed by atoms with E-state index in [2.05, 4.69) is 25.9 Å². The normalized spacial score (nSPS) is 10.6. The number of anilines is 1. The number of H-pyrrole nitrogens is 1. The number of hydrazine groups is 1. The second-order valence-corrected chi connectivity index (χ2v) is 2.46. The molecule has 4 N–H and O–H groups in total. The predicted octanol–water partition coefficient (Wildman–Crippen LogP) is -1.66. The Morgan fingerprint density at radius 2 is 2.38 bits per heavy atom. The molecule has 8 nitrogen and oxygen atoms in total. The highest BCUT2D eigenvalue weighted by atomic mass is 16.1. The van der Waals surface area contributed by atoms with Gasteiger partial charge in [0.05, 0.1) is 0 Å². The number of aromatic amines is 1. The molecule has 68 valence electrons. The maximum atomic E-state index is 11.2. The van der Waals surface area contributed by atoms with Crippen LogP contribution in [0, 0.1) is 0 Å². The molecule has 2 aromatic heterocycles. The van der Waals surface area contributed by atoms with Crippen LogP contribution < -0.4 is 16.8 Å². The van der Waals surface area contributed by atoms with Gasteiger partial charge in [0.15, 0.2) is 11.3 Å². The summed E-state index contributed by atoms with van der Waals surface area (Å²) in [6, 6.07) is 0. The molecule has 8 heteroatoms. The van der Waals surface area contributed by atoms with Crippen molar-refractivity contribution in [1.82, 2.24) is 25.2 Å². The van der Waals surface area contributed by atoms with E-state index >= 15 is 0 Å². The molecule has 0 amide bonds. The second-order valence-electron chi connectivity index (χ2n) is 2.46. The number of hydrogen-bond acceptors (Lipinski definition) is 6. The van der Waals surface area contributed by atoms with Crippen LogP contribution in [0.25, 0.3) is 11.0 Å². The van der Waals surface area contributed by atoms with E-state index in [0.29, 0.717) is 11.3 Å². The first-order valence-corrected chi connectivity index (χ1v) is 3.48. The van der Waals surface area contributed by atoms with E-state index in [-0.39, 0.29) is 11.1 Å². The molecule has 0 aromatic carbocycles. The van der Waals surface area contributed by atoms with Gasteiger partial charge >= 0.3 is 0 Å². The molecule has 2 rings (SSSR count). The maximum Gasteiger partial charge on any atom is 0.294 e. The number of nitrogen functional groups attached to an aromatic ring is 1. The molecular weight excluding hydrogens is 174 g/mol. The first-order valence-electron chi connectivity index (χ1n) is 3.48. The number of nitrogens with two attached hydrogens (primary N) is 1. The summed E-state index contributed by atoms with van der Waals surface area (Å²) >= 11 is 0. The molecule has 0 spiro atoms. The smallest absolute Gasteiger partial charge is 0.294 e. The van der Waals surface area contributed by atoms with E-state index in [1.54, 1.807) is 7.05 Å². The molecule has 0 saturated heterocycles. The summed E-state index contributed by atoms with van der Waals surface area (Å²) in [4.78, 5) is 11.2. The number of aryl methyl sites for hydroxylation is 1. The highest BCUT2D eigenvalue weighted by Crippen LogP contribution is 2.11. The van der Waals surface area contributed by atoms with Crippen molar-refractivity contribution >= 4 is 16.9 Å². The predicted molar refractivity (Wildman–Crippen MR) is 44.7 cm³/mol. The Morgan fingerprint density at radius 3 is 3.08 bits per heavy atom. The van der Waals surface area contributed by atoms with E-state index < -0.39 is 0 Å². The molecule has 0 unspecified atom stereocenters. The average Bonchev–Trinajstić information content (AvgIpc) is 2.51. The van der Waals surface area contributed by atoms with Crippen molar-refractivity contribution < 1.29 is 0 Å². The molecule has 0 fully saturated rings. The van der Waals surface area contributed by atoms with E-state index in [9.17, 15) is 4.79 Å². The topological polar surface area (TPSA) is 115 Å². The number of hydrogen-bond donors (Lipinski definition) is 3. The highest BCUT2D eigenvalue weighted by Gasteiger charge is 2.10. The van der Waals surface area contributed by atoms with Crippen molar-refractivity contribution in [1.29, 1.82) is 0 Å². The van der Waals surface area contributed by atoms with Crippen LogP contribution in [0.4, 0.5) is 5.82 Å². The molecule has 0 radical (unpaired) electrons. The summed E-state index contributed by atoms with van der Waals surface area (Å²) in [7, 11) is 1.65. The number of rotatable bonds is 1. The standard InChI is InChI=1S/C5H7N7O/c1-12-3-2(8-11-12)5(13)10-9-4(3)7-6/h6H2,1H3,(H,7,9)(H,10,13). The molecule has 13 heavy (non-hydrogen) atoms. The fourth-order valence-electron chi connectivity index (χ4n) is 1.09. The third-order valence-corrected chi connectivity index (χ3v) is 1.67. The third-order valence-electron chi connectivity index (χ3n) is 1.67. The van der Waals surface area contributed by atoms with Gasteiger partial charge in [-0.15, -0.1) is 5.10 Å². The van der Waals surface area contributed by atoms with Crippen molar-refractivity contribution in [3.05, 3.63) is 10.4 Å². The largest absolute Gasteiger partial charge is 0.305 e. The molecular formula is C5H7N7O. The lowest BCUT2D eigenvalue weighted by Gasteiger charge is -1.99. The number of nitrogens with one attached hydrogen (secondary N) is 2. The third kappa shape index (κ3) is 0.957. The summed E-state index contributed by atoms with van der Waals surface area (Å²) in [5.74, 6) is 5.53. The molecule has 0 aliphatic rings. The molecule has 2 heterocycles. The zero-order valence-electron chi connectivity index (χ0n) is 6.77. The van der Waals surface area contributed by atoms with Crippen LogP contribution in [-0.4, -0.2) is 25.2 Å². The zero-order valence-corrected chi connectivity index (χ0v) is 6.77. The Bertz CT molecular complexity index is 497. The average molecular weight is 181 g/mol. The Labute approximate surface area is 71.7 Å². The molecule has 0 atom stereocenters. The Kier molecular flexibility index (Phi) is 1.49. The van der Waals surface area contributed by atoms with Gasteiger partial charge in [0, 0.05) is 7.05 Å². The Morgan fingerprint density at radius 1 is 1.62 bits per heavy atom. The Hall–Kier alpha value is -1.96. The van der Waals surface area contributed by atoms with Crippen LogP contribution >= 0.6 is 0 Å². The minimum absolute atomic E-state index is 0.213. The van der Waals surface area contributed by atoms with Crippen molar-refractivity contribution in [3.63, 3.8) is 0 Å². The first-order chi connectivity index (χ1) is 6.24. The molecule has 0 saturated carbocycles. The van der Waals surface area contributed by atoms with Gasteiger partial charge in [0.25, 0.3) is 5.56 Å². The van der Waals surface area contributed by atoms with Crippen molar-refractivity contribution in [3.8, 4) is 0 Å². The van der Waals surface area contributed by atoms with E-state index in [4.69, 9.17) is 5.84 Å². The fourth-order valence-corrected chi connectivity index (χ4v) is 1.09. The van der Waals surface area contributed by atoms with Gasteiger partial charge in [-0.05, 0) is 0 Å². The molecule has 0 aliphatic heterocycles. The fraction of sp³-hybridized carbons (Fsp3) is 0.200. The van der Waals surface area contributed by atoms with E-state index in [0.717, 1.165) is 0 Å². The lowest BCUT2D eigenvalue weighted by atomic mass is 10.4. The molecule has 0 aliphatic carbocycles. The van der Waals surface area contributed by atoms with Gasteiger partial charge in [0.1, 0.15) is 5.52 Å². The minimum atomic E-state index is -0.387. The lowest BCUT2D eigenvalue weighted by Crippen LogP contribution is -2.16. The van der Waals surface area contributed by atoms with Gasteiger partial charge < -0.3 is 5.43 Å². The van der Waals surface area contributed by atoms with Crippen LogP contribution in [0.15, 0.2) is 4.79 Å². The molecule has 0 bridgehead atoms. The highest BCUT2D eigenvalue weighted by molar-refractivity contribution is 5.83. The van der Waals surface area contributed by atoms with Crippen LogP contribution in [0.3, 0.4) is 0 Å². The second kappa shape index (κ2) is 2.52. The first kappa shape index (κ1) is 7.68. The monoisotopic (exact) mass is 181 g/mol. The number of fused-ring (bicyclic) bond motifs is 1. The summed E-state index contributed by atoms with van der Waals surface area (Å²) in [5.41, 5.74) is 2.65. The summed E-state index contributed by atoms with van der Waals surface area (Å²) < 4.78 is 1.42. The van der Waals surface area contributed by atoms with Crippen molar-refractivity contribution in [2.24, 2.45) is 12.9 Å². The van der Waals surface area contributed by atoms with Gasteiger partial charge in [-0.2, -0.15) is 5.10 Å². The summed E-state index contributed by atoms with van der Waals surface area (Å²) in [6.45, 7) is 0. The Balaban J connectivity index is 2.96. The van der Waals surface area contributed by atoms with Crippen LogP contribution in [0.2, 0.25) is 0 Å². The van der Waals surface area contributed by atoms with E-state index in [1.165, 1.54) is 4.68 Å². The van der Waals surface area contributed by atoms with Crippen molar-refractivity contribution in [2.45, 2.75) is 0 Å². The SMILES string of the molecule is Cn1nnc2c(=O)[nH]nc(NN)c21. The lowest BCUT2D eigenvalue weighted by molar-refractivity contribution is 0.736. The summed E-state index contributed by atoms with van der Waals surface area (Å²) in [5, 5.41) is 13.3. The van der Waals surface area contributed by atoms with Crippen LogP contribution in [0.5, 0.6) is 0 Å².